The molecule has 1 aromatic rings. The number of aliphatic hydroxyl groups is 1. The topological polar surface area (TPSA) is 59.1 Å². The molecule has 1 aromatic heterocycles. The molecule has 13 heavy (non-hydrogen) atoms. The average Bonchev–Trinajstić information content (AvgIpc) is 2.17. The average molecular weight is 180 g/mol. The van der Waals surface area contributed by atoms with Gasteiger partial charge in [0.2, 0.25) is 0 Å². The molecule has 1 heterocycles. The molecule has 0 saturated heterocycles. The van der Waals surface area contributed by atoms with Gasteiger partial charge in [0, 0.05) is 12.2 Å². The molecule has 0 aliphatic rings. The van der Waals surface area contributed by atoms with Gasteiger partial charge < -0.3 is 10.8 Å². The lowest BCUT2D eigenvalue weighted by Crippen LogP contribution is -2.27. The zero-order valence-corrected chi connectivity index (χ0v) is 8.07. The first-order chi connectivity index (χ1) is 6.15. The normalized spacial score (nSPS) is 15.4. The quantitative estimate of drug-likeness (QED) is 0.733. The van der Waals surface area contributed by atoms with Crippen molar-refractivity contribution in [1.29, 1.82) is 0 Å². The number of aliphatic hydroxyl groups excluding tert-OH is 1. The van der Waals surface area contributed by atoms with Crippen molar-refractivity contribution in [2.75, 3.05) is 0 Å². The van der Waals surface area contributed by atoms with Crippen LogP contribution in [0.25, 0.3) is 0 Å². The number of nitrogens with zero attached hydrogens (tertiary/aromatic N) is 1. The zero-order chi connectivity index (χ0) is 9.84. The van der Waals surface area contributed by atoms with Crippen LogP contribution in [0.5, 0.6) is 0 Å². The third kappa shape index (κ3) is 2.50. The van der Waals surface area contributed by atoms with Gasteiger partial charge in [-0.2, -0.15) is 0 Å². The minimum Gasteiger partial charge on any atom is -0.385 e. The van der Waals surface area contributed by atoms with Crippen molar-refractivity contribution >= 4 is 0 Å². The van der Waals surface area contributed by atoms with Crippen molar-refractivity contribution in [2.45, 2.75) is 32.4 Å². The highest BCUT2D eigenvalue weighted by molar-refractivity contribution is 5.14. The fourth-order valence-electron chi connectivity index (χ4n) is 1.10. The Kier molecular flexibility index (Phi) is 3.39. The molecule has 0 aromatic carbocycles. The Morgan fingerprint density at radius 2 is 2.23 bits per heavy atom. The van der Waals surface area contributed by atoms with Crippen LogP contribution in [0.15, 0.2) is 18.3 Å². The molecule has 0 aliphatic carbocycles. The van der Waals surface area contributed by atoms with Crippen LogP contribution in [0.3, 0.4) is 0 Å². The number of nitrogens with two attached hydrogens (primary N) is 1. The molecule has 0 unspecified atom stereocenters. The summed E-state index contributed by atoms with van der Waals surface area (Å²) in [4.78, 5) is 4.12. The van der Waals surface area contributed by atoms with Crippen LogP contribution in [0.1, 0.15) is 30.7 Å². The second-order valence-electron chi connectivity index (χ2n) is 3.28. The van der Waals surface area contributed by atoms with Crippen molar-refractivity contribution in [3.05, 3.63) is 29.6 Å². The minimum absolute atomic E-state index is 0.227. The zero-order valence-electron chi connectivity index (χ0n) is 8.07. The van der Waals surface area contributed by atoms with E-state index in [1.807, 2.05) is 26.0 Å². The molecule has 72 valence electrons. The third-order valence-corrected chi connectivity index (χ3v) is 2.11. The van der Waals surface area contributed by atoms with Gasteiger partial charge >= 0.3 is 0 Å². The predicted molar refractivity (Wildman–Crippen MR) is 52.2 cm³/mol. The van der Waals surface area contributed by atoms with E-state index in [4.69, 9.17) is 5.73 Å². The van der Waals surface area contributed by atoms with Crippen molar-refractivity contribution in [1.82, 2.24) is 4.98 Å². The maximum atomic E-state index is 9.69. The van der Waals surface area contributed by atoms with Crippen molar-refractivity contribution in [3.63, 3.8) is 0 Å². The summed E-state index contributed by atoms with van der Waals surface area (Å²) in [5.74, 6) is 0. The Morgan fingerprint density at radius 1 is 1.54 bits per heavy atom. The molecular weight excluding hydrogens is 164 g/mol. The van der Waals surface area contributed by atoms with Gasteiger partial charge in [0.25, 0.3) is 0 Å². The molecule has 0 spiro atoms. The summed E-state index contributed by atoms with van der Waals surface area (Å²) in [6.45, 7) is 3.91. The van der Waals surface area contributed by atoms with E-state index in [0.29, 0.717) is 5.69 Å². The second-order valence-corrected chi connectivity index (χ2v) is 3.28. The van der Waals surface area contributed by atoms with Gasteiger partial charge in [-0.05, 0) is 25.0 Å². The van der Waals surface area contributed by atoms with Crippen LogP contribution in [-0.4, -0.2) is 16.1 Å². The van der Waals surface area contributed by atoms with Crippen molar-refractivity contribution in [3.8, 4) is 0 Å². The summed E-state index contributed by atoms with van der Waals surface area (Å²) in [7, 11) is 0. The monoisotopic (exact) mass is 180 g/mol. The fourth-order valence-corrected chi connectivity index (χ4v) is 1.10. The standard InChI is InChI=1S/C10H16N2O/c1-3-8(11)10(13)9-5-4-7(2)6-12-9/h4-6,8,10,13H,3,11H2,1-2H3/t8-,10+/m0/s1. The Balaban J connectivity index is 2.77. The summed E-state index contributed by atoms with van der Waals surface area (Å²) in [5.41, 5.74) is 7.43. The Morgan fingerprint density at radius 3 is 2.69 bits per heavy atom. The Bertz CT molecular complexity index is 258. The smallest absolute Gasteiger partial charge is 0.111 e. The van der Waals surface area contributed by atoms with Crippen LogP contribution < -0.4 is 5.73 Å². The maximum absolute atomic E-state index is 9.69. The van der Waals surface area contributed by atoms with Crippen molar-refractivity contribution in [2.24, 2.45) is 5.73 Å². The van der Waals surface area contributed by atoms with E-state index in [9.17, 15) is 5.11 Å². The molecule has 0 amide bonds. The molecule has 3 nitrogen and oxygen atoms in total. The SMILES string of the molecule is CC[C@H](N)[C@@H](O)c1ccc(C)cn1. The van der Waals surface area contributed by atoms with Crippen LogP contribution in [0.4, 0.5) is 0 Å². The van der Waals surface area contributed by atoms with Crippen LogP contribution in [0.2, 0.25) is 0 Å². The van der Waals surface area contributed by atoms with Gasteiger partial charge in [-0.15, -0.1) is 0 Å². The van der Waals surface area contributed by atoms with Gasteiger partial charge in [-0.3, -0.25) is 4.98 Å². The summed E-state index contributed by atoms with van der Waals surface area (Å²) in [6, 6.07) is 3.51. The molecule has 0 aliphatic heterocycles. The first kappa shape index (κ1) is 10.2. The van der Waals surface area contributed by atoms with Crippen molar-refractivity contribution < 1.29 is 5.11 Å². The number of pyridine rings is 1. The largest absolute Gasteiger partial charge is 0.385 e. The van der Waals surface area contributed by atoms with E-state index in [2.05, 4.69) is 4.98 Å². The molecular formula is C10H16N2O. The Labute approximate surface area is 78.6 Å². The third-order valence-electron chi connectivity index (χ3n) is 2.11. The summed E-state index contributed by atoms with van der Waals surface area (Å²) < 4.78 is 0. The highest BCUT2D eigenvalue weighted by Crippen LogP contribution is 2.14. The van der Waals surface area contributed by atoms with Gasteiger partial charge in [-0.1, -0.05) is 13.0 Å². The van der Waals surface area contributed by atoms with E-state index in [0.717, 1.165) is 12.0 Å². The van der Waals surface area contributed by atoms with E-state index in [1.165, 1.54) is 0 Å². The fraction of sp³-hybridized carbons (Fsp3) is 0.500. The number of hydrogen-bond acceptors (Lipinski definition) is 3. The van der Waals surface area contributed by atoms with Crippen LogP contribution in [-0.2, 0) is 0 Å². The van der Waals surface area contributed by atoms with Gasteiger partial charge in [0.1, 0.15) is 6.10 Å². The van der Waals surface area contributed by atoms with Crippen LogP contribution in [0, 0.1) is 6.92 Å². The Hall–Kier alpha value is -0.930. The summed E-state index contributed by atoms with van der Waals surface area (Å²) >= 11 is 0. The molecule has 1 rings (SSSR count). The van der Waals surface area contributed by atoms with E-state index in [-0.39, 0.29) is 6.04 Å². The number of rotatable bonds is 3. The predicted octanol–water partition coefficient (Wildman–Crippen LogP) is 1.16. The van der Waals surface area contributed by atoms with Gasteiger partial charge in [0.05, 0.1) is 5.69 Å². The maximum Gasteiger partial charge on any atom is 0.111 e. The molecule has 3 heteroatoms. The molecule has 3 N–H and O–H groups in total. The van der Waals surface area contributed by atoms with Gasteiger partial charge in [0.15, 0.2) is 0 Å². The highest BCUT2D eigenvalue weighted by atomic mass is 16.3. The van der Waals surface area contributed by atoms with Crippen LogP contribution >= 0.6 is 0 Å². The number of hydrogen-bond donors (Lipinski definition) is 2. The molecule has 0 radical (unpaired) electrons. The molecule has 0 fully saturated rings. The lowest BCUT2D eigenvalue weighted by molar-refractivity contribution is 0.140. The highest BCUT2D eigenvalue weighted by Gasteiger charge is 2.15. The molecule has 0 bridgehead atoms. The second kappa shape index (κ2) is 4.35. The molecule has 0 saturated carbocycles. The lowest BCUT2D eigenvalue weighted by atomic mass is 10.1. The minimum atomic E-state index is -0.648. The summed E-state index contributed by atoms with van der Waals surface area (Å²) in [6.07, 6.45) is 1.84. The van der Waals surface area contributed by atoms with E-state index < -0.39 is 6.10 Å². The summed E-state index contributed by atoms with van der Waals surface area (Å²) in [5, 5.41) is 9.69. The van der Waals surface area contributed by atoms with Gasteiger partial charge in [-0.25, -0.2) is 0 Å². The van der Waals surface area contributed by atoms with E-state index >= 15 is 0 Å². The van der Waals surface area contributed by atoms with E-state index in [1.54, 1.807) is 6.20 Å². The number of aryl methyl sites for hydroxylation is 1. The lowest BCUT2D eigenvalue weighted by Gasteiger charge is -2.16. The number of aromatic nitrogens is 1. The molecule has 2 atom stereocenters. The first-order valence-corrected chi connectivity index (χ1v) is 4.51. The first-order valence-electron chi connectivity index (χ1n) is 4.51.